The molecule has 0 radical (unpaired) electrons. The van der Waals surface area contributed by atoms with Gasteiger partial charge in [0.2, 0.25) is 10.0 Å². The molecule has 29 heavy (non-hydrogen) atoms. The lowest BCUT2D eigenvalue weighted by molar-refractivity contribution is -0.137. The van der Waals surface area contributed by atoms with Crippen molar-refractivity contribution in [2.45, 2.75) is 25.7 Å². The van der Waals surface area contributed by atoms with Crippen molar-refractivity contribution in [1.82, 2.24) is 5.32 Å². The van der Waals surface area contributed by atoms with E-state index in [1.165, 1.54) is 12.1 Å². The highest BCUT2D eigenvalue weighted by molar-refractivity contribution is 7.92. The van der Waals surface area contributed by atoms with E-state index in [0.717, 1.165) is 28.3 Å². The highest BCUT2D eigenvalue weighted by Gasteiger charge is 2.35. The Labute approximate surface area is 166 Å². The van der Waals surface area contributed by atoms with Crippen molar-refractivity contribution in [3.63, 3.8) is 0 Å². The number of sulfonamides is 1. The number of carbonyl (C=O) groups is 1. The quantitative estimate of drug-likeness (QED) is 0.813. The van der Waals surface area contributed by atoms with Gasteiger partial charge in [0, 0.05) is 6.54 Å². The number of rotatable bonds is 4. The summed E-state index contributed by atoms with van der Waals surface area (Å²) in [6.45, 7) is 1.41. The minimum Gasteiger partial charge on any atom is -0.476 e. The van der Waals surface area contributed by atoms with E-state index in [4.69, 9.17) is 4.74 Å². The summed E-state index contributed by atoms with van der Waals surface area (Å²) in [7, 11) is -3.66. The normalized spacial score (nSPS) is 16.7. The van der Waals surface area contributed by atoms with Gasteiger partial charge in [0.25, 0.3) is 5.91 Å². The molecule has 0 saturated heterocycles. The Bertz CT molecular complexity index is 1040. The SMILES string of the molecule is Cc1ccc2c(c1)O[C@H](C(=O)NCc1cccc(C(F)(F)F)c1)CN2S(C)(=O)=O. The Kier molecular flexibility index (Phi) is 5.48. The summed E-state index contributed by atoms with van der Waals surface area (Å²) in [4.78, 5) is 12.5. The molecule has 1 aliphatic rings. The number of ether oxygens (including phenoxy) is 1. The van der Waals surface area contributed by atoms with Crippen molar-refractivity contribution >= 4 is 21.6 Å². The maximum atomic E-state index is 12.8. The molecular formula is C19H19F3N2O4S. The molecule has 2 aromatic rings. The average Bonchev–Trinajstić information content (AvgIpc) is 2.63. The summed E-state index contributed by atoms with van der Waals surface area (Å²) in [6, 6.07) is 9.56. The molecule has 0 unspecified atom stereocenters. The molecule has 1 atom stereocenters. The number of nitrogens with zero attached hydrogens (tertiary/aromatic N) is 1. The van der Waals surface area contributed by atoms with Crippen LogP contribution in [0.1, 0.15) is 16.7 Å². The summed E-state index contributed by atoms with van der Waals surface area (Å²) in [5.41, 5.74) is 0.605. The molecule has 1 N–H and O–H groups in total. The van der Waals surface area contributed by atoms with Crippen LogP contribution in [0.5, 0.6) is 5.75 Å². The van der Waals surface area contributed by atoms with Crippen LogP contribution in [0.2, 0.25) is 0 Å². The van der Waals surface area contributed by atoms with Gasteiger partial charge in [0.05, 0.1) is 24.1 Å². The lowest BCUT2D eigenvalue weighted by Gasteiger charge is -2.34. The Morgan fingerprint density at radius 3 is 2.62 bits per heavy atom. The van der Waals surface area contributed by atoms with Gasteiger partial charge in [-0.2, -0.15) is 13.2 Å². The maximum Gasteiger partial charge on any atom is 0.416 e. The van der Waals surface area contributed by atoms with E-state index >= 15 is 0 Å². The number of aryl methyl sites for hydroxylation is 1. The van der Waals surface area contributed by atoms with Gasteiger partial charge in [0.1, 0.15) is 5.75 Å². The number of benzene rings is 2. The van der Waals surface area contributed by atoms with Crippen molar-refractivity contribution in [2.24, 2.45) is 0 Å². The number of anilines is 1. The fourth-order valence-electron chi connectivity index (χ4n) is 2.97. The van der Waals surface area contributed by atoms with Crippen molar-refractivity contribution < 1.29 is 31.1 Å². The van der Waals surface area contributed by atoms with Crippen LogP contribution in [-0.4, -0.2) is 33.2 Å². The largest absolute Gasteiger partial charge is 0.476 e. The Morgan fingerprint density at radius 2 is 1.97 bits per heavy atom. The van der Waals surface area contributed by atoms with Gasteiger partial charge in [-0.15, -0.1) is 0 Å². The van der Waals surface area contributed by atoms with Crippen molar-refractivity contribution in [3.8, 4) is 5.75 Å². The third-order valence-electron chi connectivity index (χ3n) is 4.40. The first-order chi connectivity index (χ1) is 13.4. The van der Waals surface area contributed by atoms with Crippen LogP contribution in [0.15, 0.2) is 42.5 Å². The summed E-state index contributed by atoms with van der Waals surface area (Å²) in [6.07, 6.45) is -4.59. The number of hydrogen-bond donors (Lipinski definition) is 1. The molecular weight excluding hydrogens is 409 g/mol. The number of fused-ring (bicyclic) bond motifs is 1. The van der Waals surface area contributed by atoms with Gasteiger partial charge in [-0.05, 0) is 42.3 Å². The van der Waals surface area contributed by atoms with Crippen LogP contribution in [0.25, 0.3) is 0 Å². The lowest BCUT2D eigenvalue weighted by Crippen LogP contribution is -2.50. The molecule has 1 heterocycles. The van der Waals surface area contributed by atoms with Gasteiger partial charge >= 0.3 is 6.18 Å². The predicted molar refractivity (Wildman–Crippen MR) is 101 cm³/mol. The third-order valence-corrected chi connectivity index (χ3v) is 5.55. The van der Waals surface area contributed by atoms with E-state index in [2.05, 4.69) is 5.32 Å². The molecule has 1 aliphatic heterocycles. The van der Waals surface area contributed by atoms with Crippen molar-refractivity contribution in [3.05, 3.63) is 59.2 Å². The minimum absolute atomic E-state index is 0.151. The second-order valence-corrected chi connectivity index (χ2v) is 8.69. The van der Waals surface area contributed by atoms with Gasteiger partial charge in [-0.1, -0.05) is 18.2 Å². The van der Waals surface area contributed by atoms with Crippen LogP contribution < -0.4 is 14.4 Å². The Hall–Kier alpha value is -2.75. The zero-order valence-electron chi connectivity index (χ0n) is 15.7. The minimum atomic E-state index is -4.48. The molecule has 10 heteroatoms. The topological polar surface area (TPSA) is 75.7 Å². The predicted octanol–water partition coefficient (Wildman–Crippen LogP) is 2.86. The van der Waals surface area contributed by atoms with E-state index in [1.54, 1.807) is 25.1 Å². The van der Waals surface area contributed by atoms with Gasteiger partial charge in [0.15, 0.2) is 6.10 Å². The highest BCUT2D eigenvalue weighted by Crippen LogP contribution is 2.35. The van der Waals surface area contributed by atoms with Crippen LogP contribution in [-0.2, 0) is 27.5 Å². The van der Waals surface area contributed by atoms with Gasteiger partial charge in [-0.3, -0.25) is 9.10 Å². The fourth-order valence-corrected chi connectivity index (χ4v) is 3.89. The van der Waals surface area contributed by atoms with Crippen LogP contribution in [0, 0.1) is 6.92 Å². The van der Waals surface area contributed by atoms with E-state index < -0.39 is 33.8 Å². The Morgan fingerprint density at radius 1 is 1.24 bits per heavy atom. The number of amides is 1. The number of carbonyl (C=O) groups excluding carboxylic acids is 1. The molecule has 0 aliphatic carbocycles. The molecule has 6 nitrogen and oxygen atoms in total. The van der Waals surface area contributed by atoms with Crippen molar-refractivity contribution in [2.75, 3.05) is 17.1 Å². The van der Waals surface area contributed by atoms with E-state index in [-0.39, 0.29) is 24.4 Å². The van der Waals surface area contributed by atoms with Gasteiger partial charge in [-0.25, -0.2) is 8.42 Å². The highest BCUT2D eigenvalue weighted by atomic mass is 32.2. The second kappa shape index (κ2) is 7.58. The average molecular weight is 428 g/mol. The zero-order chi connectivity index (χ0) is 21.4. The molecule has 2 aromatic carbocycles. The first kappa shape index (κ1) is 21.0. The summed E-state index contributed by atoms with van der Waals surface area (Å²) in [5, 5.41) is 2.51. The van der Waals surface area contributed by atoms with Crippen LogP contribution >= 0.6 is 0 Å². The van der Waals surface area contributed by atoms with E-state index in [0.29, 0.717) is 5.69 Å². The molecule has 3 rings (SSSR count). The second-order valence-electron chi connectivity index (χ2n) is 6.79. The standard InChI is InChI=1S/C19H19F3N2O4S/c1-12-6-7-15-16(8-12)28-17(11-24(15)29(2,26)27)18(25)23-10-13-4-3-5-14(9-13)19(20,21)22/h3-9,17H,10-11H2,1-2H3,(H,23,25)/t17-/m0/s1. The smallest absolute Gasteiger partial charge is 0.416 e. The van der Waals surface area contributed by atoms with E-state index in [1.807, 2.05) is 0 Å². The number of alkyl halides is 3. The summed E-state index contributed by atoms with van der Waals surface area (Å²) < 4.78 is 69.5. The monoisotopic (exact) mass is 428 g/mol. The molecule has 156 valence electrons. The third kappa shape index (κ3) is 4.81. The molecule has 0 bridgehead atoms. The Balaban J connectivity index is 1.76. The molecule has 0 aromatic heterocycles. The van der Waals surface area contributed by atoms with Crippen LogP contribution in [0.4, 0.5) is 18.9 Å². The summed E-state index contributed by atoms with van der Waals surface area (Å²) >= 11 is 0. The molecule has 0 spiro atoms. The van der Waals surface area contributed by atoms with Gasteiger partial charge < -0.3 is 10.1 Å². The zero-order valence-corrected chi connectivity index (χ0v) is 16.5. The molecule has 0 saturated carbocycles. The number of nitrogens with one attached hydrogen (secondary N) is 1. The fraction of sp³-hybridized carbons (Fsp3) is 0.316. The maximum absolute atomic E-state index is 12.8. The van der Waals surface area contributed by atoms with Crippen LogP contribution in [0.3, 0.4) is 0 Å². The summed E-state index contributed by atoms with van der Waals surface area (Å²) in [5.74, 6) is -0.371. The molecule has 1 amide bonds. The first-order valence-electron chi connectivity index (χ1n) is 8.64. The van der Waals surface area contributed by atoms with Crippen molar-refractivity contribution in [1.29, 1.82) is 0 Å². The van der Waals surface area contributed by atoms with E-state index in [9.17, 15) is 26.4 Å². The number of hydrogen-bond acceptors (Lipinski definition) is 4. The first-order valence-corrected chi connectivity index (χ1v) is 10.5. The number of halogens is 3. The molecule has 0 fully saturated rings. The lowest BCUT2D eigenvalue weighted by atomic mass is 10.1.